The predicted octanol–water partition coefficient (Wildman–Crippen LogP) is 2.81. The van der Waals surface area contributed by atoms with Crippen LogP contribution in [-0.4, -0.2) is 23.9 Å². The number of ether oxygens (including phenoxy) is 1. The van der Waals surface area contributed by atoms with Crippen molar-refractivity contribution < 1.29 is 4.74 Å². The molecule has 0 aliphatic rings. The van der Waals surface area contributed by atoms with E-state index >= 15 is 0 Å². The molecular formula is C16H23N3O. The van der Waals surface area contributed by atoms with Crippen molar-refractivity contribution in [2.24, 2.45) is 5.73 Å². The van der Waals surface area contributed by atoms with Gasteiger partial charge in [-0.25, -0.2) is 0 Å². The molecular weight excluding hydrogens is 250 g/mol. The molecule has 0 spiro atoms. The highest BCUT2D eigenvalue weighted by molar-refractivity contribution is 5.35. The van der Waals surface area contributed by atoms with E-state index in [0.29, 0.717) is 6.54 Å². The minimum absolute atomic E-state index is 0.0355. The van der Waals surface area contributed by atoms with E-state index in [9.17, 15) is 0 Å². The normalized spacial score (nSPS) is 13.2. The number of nitrogens with two attached hydrogens (primary N) is 1. The van der Waals surface area contributed by atoms with Crippen LogP contribution in [0, 0.1) is 0 Å². The number of H-pyrrole nitrogens is 1. The Balaban J connectivity index is 2.29. The van der Waals surface area contributed by atoms with Crippen molar-refractivity contribution in [1.29, 1.82) is 0 Å². The van der Waals surface area contributed by atoms with Gasteiger partial charge in [-0.2, -0.15) is 5.10 Å². The summed E-state index contributed by atoms with van der Waals surface area (Å²) in [5.74, 6) is 0.981. The van der Waals surface area contributed by atoms with Crippen LogP contribution < -0.4 is 10.5 Å². The van der Waals surface area contributed by atoms with Gasteiger partial charge in [0.05, 0.1) is 12.8 Å². The summed E-state index contributed by atoms with van der Waals surface area (Å²) in [5.41, 5.74) is 9.26. The zero-order valence-electron chi connectivity index (χ0n) is 12.6. The van der Waals surface area contributed by atoms with Crippen LogP contribution in [-0.2, 0) is 5.41 Å². The lowest BCUT2D eigenvalue weighted by molar-refractivity contribution is 0.414. The summed E-state index contributed by atoms with van der Waals surface area (Å²) in [7, 11) is 1.67. The maximum atomic E-state index is 5.95. The van der Waals surface area contributed by atoms with Gasteiger partial charge >= 0.3 is 0 Å². The van der Waals surface area contributed by atoms with Gasteiger partial charge in [-0.1, -0.05) is 32.9 Å². The van der Waals surface area contributed by atoms with Gasteiger partial charge < -0.3 is 10.5 Å². The molecule has 1 aromatic heterocycles. The van der Waals surface area contributed by atoms with Crippen molar-refractivity contribution in [1.82, 2.24) is 10.2 Å². The van der Waals surface area contributed by atoms with Gasteiger partial charge in [0.25, 0.3) is 0 Å². The monoisotopic (exact) mass is 273 g/mol. The van der Waals surface area contributed by atoms with E-state index in [1.807, 2.05) is 24.3 Å². The van der Waals surface area contributed by atoms with Crippen LogP contribution in [0.3, 0.4) is 0 Å². The lowest BCUT2D eigenvalue weighted by Crippen LogP contribution is -2.14. The van der Waals surface area contributed by atoms with Gasteiger partial charge in [0, 0.05) is 23.6 Å². The molecule has 0 radical (unpaired) electrons. The average molecular weight is 273 g/mol. The molecule has 0 saturated heterocycles. The van der Waals surface area contributed by atoms with Crippen LogP contribution in [0.15, 0.2) is 30.3 Å². The van der Waals surface area contributed by atoms with Crippen LogP contribution in [0.1, 0.15) is 43.6 Å². The number of nitrogens with one attached hydrogen (secondary N) is 1. The molecule has 0 aliphatic heterocycles. The number of hydrogen-bond donors (Lipinski definition) is 2. The second-order valence-corrected chi connectivity index (χ2v) is 6.02. The van der Waals surface area contributed by atoms with Gasteiger partial charge in [0.1, 0.15) is 5.75 Å². The summed E-state index contributed by atoms with van der Waals surface area (Å²) >= 11 is 0. The van der Waals surface area contributed by atoms with Gasteiger partial charge in [-0.15, -0.1) is 0 Å². The summed E-state index contributed by atoms with van der Waals surface area (Å²) in [4.78, 5) is 0. The van der Waals surface area contributed by atoms with Crippen LogP contribution in [0.2, 0.25) is 0 Å². The third kappa shape index (κ3) is 3.02. The average Bonchev–Trinajstić information content (AvgIpc) is 2.90. The summed E-state index contributed by atoms with van der Waals surface area (Å²) < 4.78 is 5.19. The Morgan fingerprint density at radius 1 is 1.25 bits per heavy atom. The topological polar surface area (TPSA) is 63.9 Å². The van der Waals surface area contributed by atoms with Crippen molar-refractivity contribution in [3.8, 4) is 5.75 Å². The first kappa shape index (κ1) is 14.6. The number of rotatable bonds is 4. The zero-order chi connectivity index (χ0) is 14.8. The van der Waals surface area contributed by atoms with E-state index < -0.39 is 0 Å². The number of aromatic nitrogens is 2. The van der Waals surface area contributed by atoms with Gasteiger partial charge in [0.15, 0.2) is 0 Å². The van der Waals surface area contributed by atoms with Gasteiger partial charge in [-0.3, -0.25) is 5.10 Å². The highest BCUT2D eigenvalue weighted by atomic mass is 16.5. The zero-order valence-corrected chi connectivity index (χ0v) is 12.6. The molecule has 3 N–H and O–H groups in total. The largest absolute Gasteiger partial charge is 0.497 e. The first-order valence-corrected chi connectivity index (χ1v) is 6.85. The Hall–Kier alpha value is -1.81. The highest BCUT2D eigenvalue weighted by Crippen LogP contribution is 2.27. The SMILES string of the molecule is COc1ccc(C(CN)c2cc(C(C)(C)C)n[nH]2)cc1. The molecule has 2 rings (SSSR count). The molecule has 4 nitrogen and oxygen atoms in total. The van der Waals surface area contributed by atoms with Gasteiger partial charge in [0.2, 0.25) is 0 Å². The molecule has 2 aromatic rings. The van der Waals surface area contributed by atoms with E-state index in [0.717, 1.165) is 22.7 Å². The number of aromatic amines is 1. The standard InChI is InChI=1S/C16H23N3O/c1-16(2,3)15-9-14(18-19-15)13(10-17)11-5-7-12(20-4)8-6-11/h5-9,13H,10,17H2,1-4H3,(H,18,19). The second kappa shape index (κ2) is 5.67. The molecule has 1 aromatic carbocycles. The molecule has 4 heteroatoms. The highest BCUT2D eigenvalue weighted by Gasteiger charge is 2.21. The minimum atomic E-state index is 0.0355. The first-order chi connectivity index (χ1) is 9.45. The van der Waals surface area contributed by atoms with Crippen LogP contribution in [0.5, 0.6) is 5.75 Å². The summed E-state index contributed by atoms with van der Waals surface area (Å²) in [6.07, 6.45) is 0. The van der Waals surface area contributed by atoms with Crippen LogP contribution in [0.25, 0.3) is 0 Å². The summed E-state index contributed by atoms with van der Waals surface area (Å²) in [6, 6.07) is 10.1. The quantitative estimate of drug-likeness (QED) is 0.900. The maximum Gasteiger partial charge on any atom is 0.118 e. The Morgan fingerprint density at radius 3 is 2.35 bits per heavy atom. The second-order valence-electron chi connectivity index (χ2n) is 6.02. The Morgan fingerprint density at radius 2 is 1.90 bits per heavy atom. The van der Waals surface area contributed by atoms with Crippen molar-refractivity contribution in [2.45, 2.75) is 32.1 Å². The smallest absolute Gasteiger partial charge is 0.118 e. The van der Waals surface area contributed by atoms with E-state index in [1.54, 1.807) is 7.11 Å². The third-order valence-corrected chi connectivity index (χ3v) is 3.50. The summed E-state index contributed by atoms with van der Waals surface area (Å²) in [5, 5.41) is 7.54. The fourth-order valence-corrected chi connectivity index (χ4v) is 2.18. The van der Waals surface area contributed by atoms with E-state index in [1.165, 1.54) is 0 Å². The molecule has 0 aliphatic carbocycles. The maximum absolute atomic E-state index is 5.95. The first-order valence-electron chi connectivity index (χ1n) is 6.85. The number of methoxy groups -OCH3 is 1. The third-order valence-electron chi connectivity index (χ3n) is 3.50. The van der Waals surface area contributed by atoms with Crippen molar-refractivity contribution >= 4 is 0 Å². The molecule has 1 unspecified atom stereocenters. The predicted molar refractivity (Wildman–Crippen MR) is 81.2 cm³/mol. The molecule has 0 fully saturated rings. The molecule has 1 atom stereocenters. The molecule has 0 amide bonds. The lowest BCUT2D eigenvalue weighted by atomic mass is 9.90. The van der Waals surface area contributed by atoms with Crippen molar-refractivity contribution in [3.63, 3.8) is 0 Å². The van der Waals surface area contributed by atoms with E-state index in [-0.39, 0.29) is 11.3 Å². The Kier molecular flexibility index (Phi) is 4.14. The minimum Gasteiger partial charge on any atom is -0.497 e. The Bertz CT molecular complexity index is 552. The molecule has 0 bridgehead atoms. The molecule has 108 valence electrons. The summed E-state index contributed by atoms with van der Waals surface area (Å²) in [6.45, 7) is 6.99. The van der Waals surface area contributed by atoms with Crippen molar-refractivity contribution in [3.05, 3.63) is 47.3 Å². The van der Waals surface area contributed by atoms with Gasteiger partial charge in [-0.05, 0) is 23.8 Å². The Labute approximate surface area is 120 Å². The molecule has 20 heavy (non-hydrogen) atoms. The van der Waals surface area contributed by atoms with E-state index in [2.05, 4.69) is 37.0 Å². The van der Waals surface area contributed by atoms with E-state index in [4.69, 9.17) is 10.5 Å². The number of benzene rings is 1. The fourth-order valence-electron chi connectivity index (χ4n) is 2.18. The van der Waals surface area contributed by atoms with Crippen molar-refractivity contribution in [2.75, 3.05) is 13.7 Å². The van der Waals surface area contributed by atoms with Crippen LogP contribution >= 0.6 is 0 Å². The lowest BCUT2D eigenvalue weighted by Gasteiger charge is -2.15. The number of hydrogen-bond acceptors (Lipinski definition) is 3. The molecule has 1 heterocycles. The van der Waals surface area contributed by atoms with Crippen LogP contribution in [0.4, 0.5) is 0 Å². The number of nitrogens with zero attached hydrogens (tertiary/aromatic N) is 1. The fraction of sp³-hybridized carbons (Fsp3) is 0.438. The molecule has 0 saturated carbocycles.